The lowest BCUT2D eigenvalue weighted by molar-refractivity contribution is 0.468. The van der Waals surface area contributed by atoms with E-state index in [1.54, 1.807) is 18.9 Å². The molecule has 0 amide bonds. The van der Waals surface area contributed by atoms with Crippen LogP contribution in [-0.2, 0) is 0 Å². The van der Waals surface area contributed by atoms with Crippen molar-refractivity contribution < 1.29 is 0 Å². The summed E-state index contributed by atoms with van der Waals surface area (Å²) < 4.78 is 3.88. The van der Waals surface area contributed by atoms with Gasteiger partial charge in [-0.3, -0.25) is 9.13 Å². The molecule has 0 bridgehead atoms. The van der Waals surface area contributed by atoms with Crippen LogP contribution in [0.5, 0.6) is 0 Å². The van der Waals surface area contributed by atoms with E-state index in [9.17, 15) is 0 Å². The monoisotopic (exact) mass is 336 g/mol. The fraction of sp³-hybridized carbons (Fsp3) is 0.471. The van der Waals surface area contributed by atoms with E-state index in [-0.39, 0.29) is 6.04 Å². The Labute approximate surface area is 145 Å². The summed E-state index contributed by atoms with van der Waals surface area (Å²) in [5.74, 6) is 2.61. The Morgan fingerprint density at radius 1 is 1.20 bits per heavy atom. The molecule has 1 aliphatic heterocycles. The Morgan fingerprint density at radius 2 is 2.08 bits per heavy atom. The Hall–Kier alpha value is -2.77. The van der Waals surface area contributed by atoms with Gasteiger partial charge in [-0.2, -0.15) is 4.98 Å². The topological polar surface area (TPSA) is 77.5 Å². The second-order valence-electron chi connectivity index (χ2n) is 6.68. The Balaban J connectivity index is 1.70. The Kier molecular flexibility index (Phi) is 3.29. The van der Waals surface area contributed by atoms with Crippen LogP contribution >= 0.6 is 0 Å². The van der Waals surface area contributed by atoms with Crippen molar-refractivity contribution in [3.8, 4) is 11.6 Å². The van der Waals surface area contributed by atoms with Gasteiger partial charge in [0.15, 0.2) is 11.6 Å². The van der Waals surface area contributed by atoms with Crippen LogP contribution in [-0.4, -0.2) is 40.3 Å². The molecular formula is C17H20N8. The van der Waals surface area contributed by atoms with Gasteiger partial charge in [0.25, 0.3) is 0 Å². The highest BCUT2D eigenvalue weighted by Crippen LogP contribution is 2.42. The fourth-order valence-corrected chi connectivity index (χ4v) is 4.14. The third-order valence-electron chi connectivity index (χ3n) is 5.29. The maximum Gasteiger partial charge on any atom is 0.236 e. The molecule has 8 nitrogen and oxygen atoms in total. The maximum absolute atomic E-state index is 4.92. The van der Waals surface area contributed by atoms with Crippen molar-refractivity contribution >= 4 is 5.82 Å². The molecule has 2 aliphatic rings. The minimum Gasteiger partial charge on any atom is -0.341 e. The van der Waals surface area contributed by atoms with Gasteiger partial charge in [0.05, 0.1) is 12.2 Å². The molecule has 0 spiro atoms. The van der Waals surface area contributed by atoms with Crippen LogP contribution in [0.4, 0.5) is 5.82 Å². The summed E-state index contributed by atoms with van der Waals surface area (Å²) in [4.78, 5) is 16.0. The van der Waals surface area contributed by atoms with Crippen molar-refractivity contribution in [3.05, 3.63) is 37.1 Å². The van der Waals surface area contributed by atoms with Gasteiger partial charge in [-0.15, -0.1) is 10.2 Å². The first-order chi connectivity index (χ1) is 12.4. The molecule has 5 rings (SSSR count). The van der Waals surface area contributed by atoms with Crippen molar-refractivity contribution in [2.24, 2.45) is 0 Å². The fourth-order valence-electron chi connectivity index (χ4n) is 4.14. The number of fused-ring (bicyclic) bond motifs is 3. The molecule has 128 valence electrons. The molecule has 0 aromatic carbocycles. The van der Waals surface area contributed by atoms with Crippen molar-refractivity contribution in [3.63, 3.8) is 0 Å². The van der Waals surface area contributed by atoms with Gasteiger partial charge in [-0.1, -0.05) is 19.8 Å². The minimum absolute atomic E-state index is 0.198. The second-order valence-corrected chi connectivity index (χ2v) is 6.68. The maximum atomic E-state index is 4.92. The zero-order valence-corrected chi connectivity index (χ0v) is 14.2. The summed E-state index contributed by atoms with van der Waals surface area (Å²) in [7, 11) is 0. The van der Waals surface area contributed by atoms with E-state index in [2.05, 4.69) is 32.0 Å². The molecule has 8 heteroatoms. The smallest absolute Gasteiger partial charge is 0.236 e. The lowest BCUT2D eigenvalue weighted by atomic mass is 10.0. The molecule has 1 fully saturated rings. The van der Waals surface area contributed by atoms with E-state index in [0.29, 0.717) is 12.0 Å². The zero-order chi connectivity index (χ0) is 16.8. The van der Waals surface area contributed by atoms with Crippen LogP contribution in [0.3, 0.4) is 0 Å². The Morgan fingerprint density at radius 3 is 2.84 bits per heavy atom. The number of anilines is 1. The summed E-state index contributed by atoms with van der Waals surface area (Å²) in [6.07, 6.45) is 14.9. The first-order valence-electron chi connectivity index (χ1n) is 8.91. The second kappa shape index (κ2) is 5.65. The predicted molar refractivity (Wildman–Crippen MR) is 91.8 cm³/mol. The molecule has 4 heterocycles. The van der Waals surface area contributed by atoms with Gasteiger partial charge in [-0.05, 0) is 19.3 Å². The summed E-state index contributed by atoms with van der Waals surface area (Å²) in [5, 5.41) is 8.55. The Bertz CT molecular complexity index is 878. The van der Waals surface area contributed by atoms with Crippen LogP contribution in [0, 0.1) is 0 Å². The standard InChI is InChI=1S/C17H20N8/c1-2-13-16-22-20-11-24(16)14-9-19-17(23-8-7-18-10-23)21-15(14)25(13)12-5-3-4-6-12/h7-13H,2-6H2,1H3/t13-/m1/s1. The molecule has 0 saturated heterocycles. The highest BCUT2D eigenvalue weighted by Gasteiger charge is 2.38. The van der Waals surface area contributed by atoms with Crippen LogP contribution in [0.1, 0.15) is 50.9 Å². The number of rotatable bonds is 3. The van der Waals surface area contributed by atoms with Gasteiger partial charge in [0.2, 0.25) is 5.95 Å². The third kappa shape index (κ3) is 2.16. The number of hydrogen-bond acceptors (Lipinski definition) is 6. The zero-order valence-electron chi connectivity index (χ0n) is 14.2. The third-order valence-corrected chi connectivity index (χ3v) is 5.29. The molecule has 0 unspecified atom stereocenters. The van der Waals surface area contributed by atoms with E-state index < -0.39 is 0 Å². The van der Waals surface area contributed by atoms with Crippen LogP contribution in [0.25, 0.3) is 11.6 Å². The van der Waals surface area contributed by atoms with Crippen molar-refractivity contribution in [2.45, 2.75) is 51.1 Å². The first-order valence-corrected chi connectivity index (χ1v) is 8.91. The van der Waals surface area contributed by atoms with Gasteiger partial charge >= 0.3 is 0 Å². The van der Waals surface area contributed by atoms with E-state index in [4.69, 9.17) is 4.98 Å². The van der Waals surface area contributed by atoms with Gasteiger partial charge in [-0.25, -0.2) is 9.97 Å². The van der Waals surface area contributed by atoms with E-state index in [0.717, 1.165) is 23.8 Å². The van der Waals surface area contributed by atoms with Crippen LogP contribution < -0.4 is 4.90 Å². The highest BCUT2D eigenvalue weighted by molar-refractivity contribution is 5.62. The minimum atomic E-state index is 0.198. The van der Waals surface area contributed by atoms with Crippen molar-refractivity contribution in [1.29, 1.82) is 0 Å². The lowest BCUT2D eigenvalue weighted by Gasteiger charge is -2.40. The van der Waals surface area contributed by atoms with E-state index in [1.165, 1.54) is 25.7 Å². The lowest BCUT2D eigenvalue weighted by Crippen LogP contribution is -2.42. The summed E-state index contributed by atoms with van der Waals surface area (Å²) in [6, 6.07) is 0.698. The van der Waals surface area contributed by atoms with E-state index >= 15 is 0 Å². The molecule has 0 N–H and O–H groups in total. The molecule has 3 aromatic rings. The molecular weight excluding hydrogens is 316 g/mol. The van der Waals surface area contributed by atoms with E-state index in [1.807, 2.05) is 21.5 Å². The molecule has 25 heavy (non-hydrogen) atoms. The largest absolute Gasteiger partial charge is 0.341 e. The summed E-state index contributed by atoms with van der Waals surface area (Å²) in [5.41, 5.74) is 0.959. The van der Waals surface area contributed by atoms with Crippen molar-refractivity contribution in [1.82, 2.24) is 34.3 Å². The predicted octanol–water partition coefficient (Wildman–Crippen LogP) is 2.46. The van der Waals surface area contributed by atoms with Gasteiger partial charge in [0, 0.05) is 18.4 Å². The summed E-state index contributed by atoms with van der Waals surface area (Å²) in [6.45, 7) is 2.20. The van der Waals surface area contributed by atoms with Gasteiger partial charge < -0.3 is 4.90 Å². The van der Waals surface area contributed by atoms with Crippen LogP contribution in [0.2, 0.25) is 0 Å². The normalized spacial score (nSPS) is 19.9. The first kappa shape index (κ1) is 14.6. The molecule has 0 radical (unpaired) electrons. The molecule has 1 atom stereocenters. The van der Waals surface area contributed by atoms with Crippen LogP contribution in [0.15, 0.2) is 31.2 Å². The molecule has 1 saturated carbocycles. The average Bonchev–Trinajstić information content (AvgIpc) is 3.42. The molecule has 3 aromatic heterocycles. The number of hydrogen-bond donors (Lipinski definition) is 0. The van der Waals surface area contributed by atoms with Gasteiger partial charge in [0.1, 0.15) is 18.3 Å². The number of aromatic nitrogens is 7. The number of imidazole rings is 1. The SMILES string of the molecule is CC[C@@H]1c2nncn2-c2cnc(-n3ccnc3)nc2N1C1CCCC1. The quantitative estimate of drug-likeness (QED) is 0.731. The van der Waals surface area contributed by atoms with Crippen molar-refractivity contribution in [2.75, 3.05) is 4.90 Å². The number of nitrogens with zero attached hydrogens (tertiary/aromatic N) is 8. The highest BCUT2D eigenvalue weighted by atomic mass is 15.4. The summed E-state index contributed by atoms with van der Waals surface area (Å²) >= 11 is 0. The molecule has 1 aliphatic carbocycles. The average molecular weight is 336 g/mol.